The summed E-state index contributed by atoms with van der Waals surface area (Å²) >= 11 is 3.44. The third kappa shape index (κ3) is 5.31. The molecule has 0 fully saturated rings. The summed E-state index contributed by atoms with van der Waals surface area (Å²) in [5.41, 5.74) is 1.12. The summed E-state index contributed by atoms with van der Waals surface area (Å²) in [7, 11) is 0. The number of hydrogen-bond acceptors (Lipinski definition) is 3. The molecule has 1 aromatic rings. The Balaban J connectivity index is 2.28. The maximum Gasteiger partial charge on any atom is 0.315 e. The first-order valence-corrected chi connectivity index (χ1v) is 6.58. The third-order valence-corrected chi connectivity index (χ3v) is 3.06. The summed E-state index contributed by atoms with van der Waals surface area (Å²) in [6.45, 7) is 2.51. The van der Waals surface area contributed by atoms with E-state index in [1.54, 1.807) is 6.92 Å². The molecule has 1 rings (SSSR count). The largest absolute Gasteiger partial charge is 0.466 e. The highest BCUT2D eigenvalue weighted by Gasteiger charge is 2.09. The van der Waals surface area contributed by atoms with Gasteiger partial charge in [-0.25, -0.2) is 0 Å². The molecule has 1 amide bonds. The molecule has 18 heavy (non-hydrogen) atoms. The molecule has 0 saturated heterocycles. The van der Waals surface area contributed by atoms with Crippen molar-refractivity contribution in [3.8, 4) is 0 Å². The number of hydrogen-bond donors (Lipinski definition) is 1. The van der Waals surface area contributed by atoms with Crippen LogP contribution in [0.4, 0.5) is 0 Å². The molecule has 0 atom stereocenters. The molecule has 5 heteroatoms. The van der Waals surface area contributed by atoms with E-state index >= 15 is 0 Å². The Morgan fingerprint density at radius 1 is 1.33 bits per heavy atom. The topological polar surface area (TPSA) is 55.4 Å². The molecular weight excluding hydrogens is 298 g/mol. The van der Waals surface area contributed by atoms with E-state index in [2.05, 4.69) is 26.0 Å². The molecule has 0 bridgehead atoms. The van der Waals surface area contributed by atoms with Gasteiger partial charge in [-0.1, -0.05) is 34.1 Å². The highest BCUT2D eigenvalue weighted by Crippen LogP contribution is 2.15. The Kier molecular flexibility index (Phi) is 6.43. The van der Waals surface area contributed by atoms with Gasteiger partial charge >= 0.3 is 5.97 Å². The summed E-state index contributed by atoms with van der Waals surface area (Å²) < 4.78 is 5.71. The second-order valence-corrected chi connectivity index (χ2v) is 4.53. The van der Waals surface area contributed by atoms with E-state index in [0.29, 0.717) is 13.2 Å². The smallest absolute Gasteiger partial charge is 0.315 e. The molecule has 0 heterocycles. The van der Waals surface area contributed by atoms with E-state index in [1.807, 2.05) is 24.3 Å². The fourth-order valence-electron chi connectivity index (χ4n) is 1.44. The van der Waals surface area contributed by atoms with Crippen molar-refractivity contribution in [3.05, 3.63) is 34.3 Å². The monoisotopic (exact) mass is 313 g/mol. The molecule has 4 nitrogen and oxygen atoms in total. The number of amides is 1. The molecule has 0 radical (unpaired) electrons. The molecule has 1 N–H and O–H groups in total. The van der Waals surface area contributed by atoms with Crippen molar-refractivity contribution in [1.29, 1.82) is 0 Å². The number of halogens is 1. The molecule has 0 unspecified atom stereocenters. The van der Waals surface area contributed by atoms with E-state index in [4.69, 9.17) is 0 Å². The molecule has 0 aliphatic carbocycles. The molecular formula is C13H16BrNO3. The van der Waals surface area contributed by atoms with Crippen LogP contribution in [0.5, 0.6) is 0 Å². The number of carbonyl (C=O) groups excluding carboxylic acids is 2. The lowest BCUT2D eigenvalue weighted by Gasteiger charge is -2.06. The maximum atomic E-state index is 11.4. The van der Waals surface area contributed by atoms with Crippen LogP contribution < -0.4 is 5.32 Å². The van der Waals surface area contributed by atoms with Gasteiger partial charge in [-0.2, -0.15) is 0 Å². The lowest BCUT2D eigenvalue weighted by Crippen LogP contribution is -2.28. The first-order chi connectivity index (χ1) is 8.63. The van der Waals surface area contributed by atoms with Crippen LogP contribution in [0.2, 0.25) is 0 Å². The van der Waals surface area contributed by atoms with Gasteiger partial charge in [0.05, 0.1) is 6.61 Å². The molecule has 0 aliphatic rings. The van der Waals surface area contributed by atoms with Crippen LogP contribution in [0.25, 0.3) is 0 Å². The van der Waals surface area contributed by atoms with Crippen LogP contribution in [0.1, 0.15) is 18.9 Å². The van der Waals surface area contributed by atoms with E-state index in [1.165, 1.54) is 0 Å². The Bertz CT molecular complexity index is 420. The summed E-state index contributed by atoms with van der Waals surface area (Å²) in [5.74, 6) is -0.795. The zero-order valence-electron chi connectivity index (χ0n) is 10.2. The standard InChI is InChI=1S/C13H16BrNO3/c1-2-18-13(17)9-12(16)15-8-7-10-5-3-4-6-11(10)14/h3-6H,2,7-9H2,1H3,(H,15,16). The van der Waals surface area contributed by atoms with Gasteiger partial charge in [-0.05, 0) is 25.0 Å². The minimum atomic E-state index is -0.490. The number of benzene rings is 1. The highest BCUT2D eigenvalue weighted by molar-refractivity contribution is 9.10. The van der Waals surface area contributed by atoms with E-state index in [-0.39, 0.29) is 12.3 Å². The fraction of sp³-hybridized carbons (Fsp3) is 0.385. The van der Waals surface area contributed by atoms with Crippen LogP contribution in [0.15, 0.2) is 28.7 Å². The Morgan fingerprint density at radius 3 is 2.72 bits per heavy atom. The summed E-state index contributed by atoms with van der Waals surface area (Å²) in [4.78, 5) is 22.4. The van der Waals surface area contributed by atoms with Gasteiger partial charge in [0.25, 0.3) is 0 Å². The van der Waals surface area contributed by atoms with Gasteiger partial charge < -0.3 is 10.1 Å². The second-order valence-electron chi connectivity index (χ2n) is 3.67. The molecule has 1 aromatic carbocycles. The Morgan fingerprint density at radius 2 is 2.06 bits per heavy atom. The van der Waals surface area contributed by atoms with Gasteiger partial charge in [0, 0.05) is 11.0 Å². The van der Waals surface area contributed by atoms with Gasteiger partial charge in [0.2, 0.25) is 5.91 Å². The van der Waals surface area contributed by atoms with Gasteiger partial charge in [-0.15, -0.1) is 0 Å². The SMILES string of the molecule is CCOC(=O)CC(=O)NCCc1ccccc1Br. The molecule has 98 valence electrons. The third-order valence-electron chi connectivity index (χ3n) is 2.28. The zero-order chi connectivity index (χ0) is 13.4. The minimum Gasteiger partial charge on any atom is -0.466 e. The van der Waals surface area contributed by atoms with Gasteiger partial charge in [0.15, 0.2) is 0 Å². The highest BCUT2D eigenvalue weighted by atomic mass is 79.9. The number of rotatable bonds is 6. The zero-order valence-corrected chi connectivity index (χ0v) is 11.8. The minimum absolute atomic E-state index is 0.218. The Hall–Kier alpha value is -1.36. The molecule has 0 spiro atoms. The number of nitrogens with one attached hydrogen (secondary N) is 1. The van der Waals surface area contributed by atoms with E-state index < -0.39 is 5.97 Å². The summed E-state index contributed by atoms with van der Waals surface area (Å²) in [6, 6.07) is 7.82. The van der Waals surface area contributed by atoms with Crippen molar-refractivity contribution in [3.63, 3.8) is 0 Å². The summed E-state index contributed by atoms with van der Waals surface area (Å²) in [5, 5.41) is 2.69. The Labute approximate surface area is 115 Å². The normalized spacial score (nSPS) is 9.89. The average molecular weight is 314 g/mol. The predicted octanol–water partition coefficient (Wildman–Crippen LogP) is 2.06. The maximum absolute atomic E-state index is 11.4. The van der Waals surface area contributed by atoms with Crippen LogP contribution in [-0.4, -0.2) is 25.0 Å². The second kappa shape index (κ2) is 7.87. The number of ether oxygens (including phenoxy) is 1. The summed E-state index contributed by atoms with van der Waals surface area (Å²) in [6.07, 6.45) is 0.500. The van der Waals surface area contributed by atoms with Crippen molar-refractivity contribution in [2.45, 2.75) is 19.8 Å². The first kappa shape index (κ1) is 14.7. The first-order valence-electron chi connectivity index (χ1n) is 5.79. The van der Waals surface area contributed by atoms with Crippen LogP contribution in [0, 0.1) is 0 Å². The fourth-order valence-corrected chi connectivity index (χ4v) is 1.93. The molecule has 0 aromatic heterocycles. The quantitative estimate of drug-likeness (QED) is 0.646. The number of carbonyl (C=O) groups is 2. The van der Waals surface area contributed by atoms with Crippen LogP contribution >= 0.6 is 15.9 Å². The van der Waals surface area contributed by atoms with E-state index in [0.717, 1.165) is 16.5 Å². The number of esters is 1. The van der Waals surface area contributed by atoms with E-state index in [9.17, 15) is 9.59 Å². The predicted molar refractivity (Wildman–Crippen MR) is 72.1 cm³/mol. The van der Waals surface area contributed by atoms with Crippen molar-refractivity contribution in [2.75, 3.05) is 13.2 Å². The average Bonchev–Trinajstić information content (AvgIpc) is 2.31. The van der Waals surface area contributed by atoms with Gasteiger partial charge in [0.1, 0.15) is 6.42 Å². The van der Waals surface area contributed by atoms with Crippen LogP contribution in [0.3, 0.4) is 0 Å². The lowest BCUT2D eigenvalue weighted by atomic mass is 10.1. The van der Waals surface area contributed by atoms with Crippen molar-refractivity contribution in [2.24, 2.45) is 0 Å². The van der Waals surface area contributed by atoms with Crippen molar-refractivity contribution < 1.29 is 14.3 Å². The van der Waals surface area contributed by atoms with Crippen LogP contribution in [-0.2, 0) is 20.7 Å². The molecule has 0 aliphatic heterocycles. The lowest BCUT2D eigenvalue weighted by molar-refractivity contribution is -0.145. The molecule has 0 saturated carbocycles. The van der Waals surface area contributed by atoms with Crippen molar-refractivity contribution in [1.82, 2.24) is 5.32 Å². The van der Waals surface area contributed by atoms with Gasteiger partial charge in [-0.3, -0.25) is 9.59 Å². The van der Waals surface area contributed by atoms with Crippen molar-refractivity contribution >= 4 is 27.8 Å².